The third-order valence-electron chi connectivity index (χ3n) is 3.14. The molecule has 0 saturated carbocycles. The molecule has 0 aliphatic carbocycles. The molecule has 2 aromatic rings. The maximum absolute atomic E-state index is 10.9. The summed E-state index contributed by atoms with van der Waals surface area (Å²) in [6.07, 6.45) is 2.01. The van der Waals surface area contributed by atoms with Gasteiger partial charge in [0.15, 0.2) is 0 Å². The SMILES string of the molecule is CC(=O)ONC(C)(C)c1cn(C)c2ccc(N)cc12. The molecule has 5 nitrogen and oxygen atoms in total. The highest BCUT2D eigenvalue weighted by Crippen LogP contribution is 2.31. The Morgan fingerprint density at radius 3 is 2.74 bits per heavy atom. The van der Waals surface area contributed by atoms with Crippen LogP contribution < -0.4 is 11.2 Å². The number of nitrogens with zero attached hydrogens (tertiary/aromatic N) is 1. The number of benzene rings is 1. The monoisotopic (exact) mass is 261 g/mol. The normalized spacial score (nSPS) is 11.8. The zero-order valence-corrected chi connectivity index (χ0v) is 11.7. The molecule has 1 aromatic heterocycles. The van der Waals surface area contributed by atoms with Crippen LogP contribution in [0.4, 0.5) is 5.69 Å². The Balaban J connectivity index is 2.49. The van der Waals surface area contributed by atoms with Gasteiger partial charge in [-0.1, -0.05) is 0 Å². The number of anilines is 1. The molecule has 0 fully saturated rings. The number of hydrogen-bond acceptors (Lipinski definition) is 4. The lowest BCUT2D eigenvalue weighted by Crippen LogP contribution is -2.37. The summed E-state index contributed by atoms with van der Waals surface area (Å²) in [6.45, 7) is 5.27. The Kier molecular flexibility index (Phi) is 3.24. The number of hydroxylamine groups is 1. The molecule has 0 aliphatic heterocycles. The predicted molar refractivity (Wildman–Crippen MR) is 75.3 cm³/mol. The van der Waals surface area contributed by atoms with Gasteiger partial charge in [-0.2, -0.15) is 0 Å². The number of aromatic nitrogens is 1. The van der Waals surface area contributed by atoms with E-state index < -0.39 is 5.54 Å². The minimum atomic E-state index is -0.501. The smallest absolute Gasteiger partial charge is 0.321 e. The zero-order valence-electron chi connectivity index (χ0n) is 11.7. The lowest BCUT2D eigenvalue weighted by molar-refractivity contribution is -0.153. The standard InChI is InChI=1S/C14H19N3O2/c1-9(18)19-16-14(2,3)12-8-17(4)13-6-5-10(15)7-11(12)13/h5-8,16H,15H2,1-4H3. The van der Waals surface area contributed by atoms with Gasteiger partial charge in [-0.15, -0.1) is 5.48 Å². The van der Waals surface area contributed by atoms with E-state index in [0.717, 1.165) is 16.5 Å². The van der Waals surface area contributed by atoms with Crippen molar-refractivity contribution in [3.05, 3.63) is 30.0 Å². The van der Waals surface area contributed by atoms with E-state index in [2.05, 4.69) is 5.48 Å². The number of rotatable bonds is 3. The second-order valence-corrected chi connectivity index (χ2v) is 5.25. The first-order valence-electron chi connectivity index (χ1n) is 6.11. The molecule has 0 aliphatic rings. The van der Waals surface area contributed by atoms with Gasteiger partial charge in [0.1, 0.15) is 0 Å². The van der Waals surface area contributed by atoms with Crippen LogP contribution in [0.15, 0.2) is 24.4 Å². The molecular formula is C14H19N3O2. The van der Waals surface area contributed by atoms with Gasteiger partial charge in [0.25, 0.3) is 0 Å². The predicted octanol–water partition coefficient (Wildman–Crippen LogP) is 2.06. The highest BCUT2D eigenvalue weighted by molar-refractivity contribution is 5.87. The van der Waals surface area contributed by atoms with E-state index in [1.165, 1.54) is 6.92 Å². The van der Waals surface area contributed by atoms with E-state index in [-0.39, 0.29) is 5.97 Å². The Morgan fingerprint density at radius 1 is 1.42 bits per heavy atom. The number of nitrogen functional groups attached to an aromatic ring is 1. The minimum Gasteiger partial charge on any atom is -0.399 e. The molecule has 0 saturated heterocycles. The molecule has 102 valence electrons. The average Bonchev–Trinajstić information content (AvgIpc) is 2.64. The number of carbonyl (C=O) groups is 1. The Hall–Kier alpha value is -2.01. The average molecular weight is 261 g/mol. The number of carbonyl (C=O) groups excluding carboxylic acids is 1. The number of nitrogens with one attached hydrogen (secondary N) is 1. The largest absolute Gasteiger partial charge is 0.399 e. The first-order valence-corrected chi connectivity index (χ1v) is 6.11. The highest BCUT2D eigenvalue weighted by Gasteiger charge is 2.26. The van der Waals surface area contributed by atoms with Gasteiger partial charge in [0, 0.05) is 42.3 Å². The van der Waals surface area contributed by atoms with Crippen molar-refractivity contribution in [2.75, 3.05) is 5.73 Å². The molecule has 1 heterocycles. The van der Waals surface area contributed by atoms with Crippen molar-refractivity contribution in [2.24, 2.45) is 7.05 Å². The summed E-state index contributed by atoms with van der Waals surface area (Å²) in [5.74, 6) is -0.368. The summed E-state index contributed by atoms with van der Waals surface area (Å²) in [6, 6.07) is 5.79. The third-order valence-corrected chi connectivity index (χ3v) is 3.14. The summed E-state index contributed by atoms with van der Waals surface area (Å²) in [4.78, 5) is 15.9. The van der Waals surface area contributed by atoms with Gasteiger partial charge < -0.3 is 15.1 Å². The molecule has 0 spiro atoms. The van der Waals surface area contributed by atoms with Crippen LogP contribution in [0, 0.1) is 0 Å². The van der Waals surface area contributed by atoms with E-state index in [9.17, 15) is 4.79 Å². The van der Waals surface area contributed by atoms with Gasteiger partial charge in [-0.05, 0) is 32.0 Å². The van der Waals surface area contributed by atoms with Crippen molar-refractivity contribution < 1.29 is 9.63 Å². The number of fused-ring (bicyclic) bond motifs is 1. The van der Waals surface area contributed by atoms with Crippen LogP contribution in [0.5, 0.6) is 0 Å². The summed E-state index contributed by atoms with van der Waals surface area (Å²) in [7, 11) is 1.98. The molecule has 0 amide bonds. The fourth-order valence-electron chi connectivity index (χ4n) is 2.16. The molecule has 2 rings (SSSR count). The molecule has 0 radical (unpaired) electrons. The van der Waals surface area contributed by atoms with Crippen molar-refractivity contribution in [3.8, 4) is 0 Å². The van der Waals surface area contributed by atoms with Crippen molar-refractivity contribution in [1.29, 1.82) is 0 Å². The molecule has 3 N–H and O–H groups in total. The van der Waals surface area contributed by atoms with E-state index in [1.54, 1.807) is 0 Å². The topological polar surface area (TPSA) is 69.3 Å². The Bertz CT molecular complexity index is 629. The molecule has 0 bridgehead atoms. The number of hydrogen-bond donors (Lipinski definition) is 2. The summed E-state index contributed by atoms with van der Waals surface area (Å²) in [5, 5.41) is 1.05. The van der Waals surface area contributed by atoms with Crippen molar-refractivity contribution >= 4 is 22.6 Å². The van der Waals surface area contributed by atoms with E-state index in [0.29, 0.717) is 5.69 Å². The van der Waals surface area contributed by atoms with Crippen molar-refractivity contribution in [2.45, 2.75) is 26.3 Å². The zero-order chi connectivity index (χ0) is 14.2. The fraction of sp³-hybridized carbons (Fsp3) is 0.357. The number of nitrogens with two attached hydrogens (primary N) is 1. The Morgan fingerprint density at radius 2 is 2.11 bits per heavy atom. The van der Waals surface area contributed by atoms with Crippen LogP contribution in [-0.2, 0) is 22.2 Å². The van der Waals surface area contributed by atoms with Gasteiger partial charge in [-0.3, -0.25) is 4.79 Å². The van der Waals surface area contributed by atoms with Crippen molar-refractivity contribution in [3.63, 3.8) is 0 Å². The summed E-state index contributed by atoms with van der Waals surface area (Å²) in [5.41, 5.74) is 11.0. The van der Waals surface area contributed by atoms with Crippen LogP contribution in [0.25, 0.3) is 10.9 Å². The van der Waals surface area contributed by atoms with E-state index in [1.807, 2.05) is 49.9 Å². The molecular weight excluding hydrogens is 242 g/mol. The van der Waals surface area contributed by atoms with Crippen LogP contribution in [0.2, 0.25) is 0 Å². The highest BCUT2D eigenvalue weighted by atomic mass is 16.7. The lowest BCUT2D eigenvalue weighted by Gasteiger charge is -2.24. The van der Waals surface area contributed by atoms with Gasteiger partial charge in [-0.25, -0.2) is 0 Å². The van der Waals surface area contributed by atoms with Gasteiger partial charge in [0.2, 0.25) is 0 Å². The lowest BCUT2D eigenvalue weighted by atomic mass is 9.95. The molecule has 19 heavy (non-hydrogen) atoms. The summed E-state index contributed by atoms with van der Waals surface area (Å²) >= 11 is 0. The molecule has 1 aromatic carbocycles. The molecule has 0 unspecified atom stereocenters. The van der Waals surface area contributed by atoms with Crippen LogP contribution in [0.1, 0.15) is 26.3 Å². The quantitative estimate of drug-likeness (QED) is 0.655. The van der Waals surface area contributed by atoms with Gasteiger partial charge >= 0.3 is 5.97 Å². The van der Waals surface area contributed by atoms with Gasteiger partial charge in [0.05, 0.1) is 5.54 Å². The number of aryl methyl sites for hydroxylation is 1. The fourth-order valence-corrected chi connectivity index (χ4v) is 2.16. The van der Waals surface area contributed by atoms with Crippen LogP contribution in [-0.4, -0.2) is 10.5 Å². The van der Waals surface area contributed by atoms with Crippen molar-refractivity contribution in [1.82, 2.24) is 10.0 Å². The van der Waals surface area contributed by atoms with Crippen LogP contribution >= 0.6 is 0 Å². The first-order chi connectivity index (χ1) is 8.81. The minimum absolute atomic E-state index is 0.368. The van der Waals surface area contributed by atoms with Crippen LogP contribution in [0.3, 0.4) is 0 Å². The molecule has 5 heteroatoms. The van der Waals surface area contributed by atoms with E-state index >= 15 is 0 Å². The molecule has 0 atom stereocenters. The summed E-state index contributed by atoms with van der Waals surface area (Å²) < 4.78 is 2.03. The second-order valence-electron chi connectivity index (χ2n) is 5.25. The Labute approximate surface area is 112 Å². The second kappa shape index (κ2) is 4.59. The maximum atomic E-state index is 10.9. The van der Waals surface area contributed by atoms with E-state index in [4.69, 9.17) is 10.6 Å². The maximum Gasteiger partial charge on any atom is 0.321 e. The first kappa shape index (κ1) is 13.4. The third kappa shape index (κ3) is 2.56.